The minimum absolute atomic E-state index is 0.557. The van der Waals surface area contributed by atoms with Crippen molar-refractivity contribution in [1.29, 1.82) is 0 Å². The van der Waals surface area contributed by atoms with E-state index in [4.69, 9.17) is 10.5 Å². The van der Waals surface area contributed by atoms with E-state index in [1.54, 1.807) is 0 Å². The van der Waals surface area contributed by atoms with Crippen LogP contribution in [0.3, 0.4) is 0 Å². The highest BCUT2D eigenvalue weighted by molar-refractivity contribution is 9.10. The molecule has 0 saturated heterocycles. The number of halogens is 1. The summed E-state index contributed by atoms with van der Waals surface area (Å²) < 4.78 is 6.44. The number of hydrogen-bond donors (Lipinski definition) is 1. The number of nitrogens with two attached hydrogens (primary N) is 1. The topological polar surface area (TPSA) is 35.2 Å². The Morgan fingerprint density at radius 3 is 2.92 bits per heavy atom. The summed E-state index contributed by atoms with van der Waals surface area (Å²) in [6, 6.07) is 7.74. The van der Waals surface area contributed by atoms with E-state index in [2.05, 4.69) is 15.9 Å². The molecule has 0 radical (unpaired) electrons. The van der Waals surface area contributed by atoms with E-state index in [-0.39, 0.29) is 0 Å². The highest BCUT2D eigenvalue weighted by atomic mass is 79.9. The molecule has 0 aromatic heterocycles. The second-order valence-corrected chi connectivity index (χ2v) is 3.39. The summed E-state index contributed by atoms with van der Waals surface area (Å²) in [5.41, 5.74) is 5.28. The second-order valence-electron chi connectivity index (χ2n) is 2.48. The number of rotatable bonds is 4. The van der Waals surface area contributed by atoms with Crippen molar-refractivity contribution < 1.29 is 4.74 Å². The Labute approximate surface area is 86.5 Å². The predicted octanol–water partition coefficient (Wildman–Crippen LogP) is 2.34. The highest BCUT2D eigenvalue weighted by Gasteiger charge is 1.91. The molecule has 0 aliphatic carbocycles. The Morgan fingerprint density at radius 2 is 2.23 bits per heavy atom. The molecular formula is C10H12BrNO. The average Bonchev–Trinajstić information content (AvgIpc) is 2.13. The molecule has 0 amide bonds. The van der Waals surface area contributed by atoms with E-state index in [1.807, 2.05) is 36.4 Å². The van der Waals surface area contributed by atoms with Crippen LogP contribution < -0.4 is 10.5 Å². The van der Waals surface area contributed by atoms with Gasteiger partial charge in [0, 0.05) is 11.0 Å². The monoisotopic (exact) mass is 241 g/mol. The molecule has 0 bridgehead atoms. The maximum Gasteiger partial charge on any atom is 0.120 e. The van der Waals surface area contributed by atoms with Gasteiger partial charge >= 0.3 is 0 Å². The van der Waals surface area contributed by atoms with Crippen LogP contribution in [0, 0.1) is 0 Å². The van der Waals surface area contributed by atoms with Crippen LogP contribution in [-0.2, 0) is 0 Å². The number of hydrogen-bond acceptors (Lipinski definition) is 2. The summed E-state index contributed by atoms with van der Waals surface area (Å²) in [6.45, 7) is 1.12. The van der Waals surface area contributed by atoms with E-state index in [0.29, 0.717) is 13.2 Å². The maximum atomic E-state index is 5.42. The predicted molar refractivity (Wildman–Crippen MR) is 57.8 cm³/mol. The largest absolute Gasteiger partial charge is 0.490 e. The van der Waals surface area contributed by atoms with Crippen LogP contribution >= 0.6 is 15.9 Å². The van der Waals surface area contributed by atoms with Crippen molar-refractivity contribution in [1.82, 2.24) is 0 Å². The van der Waals surface area contributed by atoms with E-state index >= 15 is 0 Å². The second kappa shape index (κ2) is 5.78. The molecule has 0 heterocycles. The Hall–Kier alpha value is -0.800. The summed E-state index contributed by atoms with van der Waals surface area (Å²) in [6.07, 6.45) is 3.78. The van der Waals surface area contributed by atoms with Gasteiger partial charge in [-0.05, 0) is 18.2 Å². The van der Waals surface area contributed by atoms with Gasteiger partial charge in [-0.3, -0.25) is 0 Å². The van der Waals surface area contributed by atoms with Gasteiger partial charge in [-0.1, -0.05) is 34.1 Å². The van der Waals surface area contributed by atoms with Gasteiger partial charge in [0.15, 0.2) is 0 Å². The molecule has 1 rings (SSSR count). The van der Waals surface area contributed by atoms with Crippen LogP contribution in [0.15, 0.2) is 40.9 Å². The van der Waals surface area contributed by atoms with E-state index in [0.717, 1.165) is 10.2 Å². The van der Waals surface area contributed by atoms with Gasteiger partial charge in [0.05, 0.1) is 0 Å². The van der Waals surface area contributed by atoms with Gasteiger partial charge in [0.1, 0.15) is 12.4 Å². The van der Waals surface area contributed by atoms with Crippen LogP contribution in [0.1, 0.15) is 0 Å². The smallest absolute Gasteiger partial charge is 0.120 e. The summed E-state index contributed by atoms with van der Waals surface area (Å²) in [5, 5.41) is 0. The molecule has 2 N–H and O–H groups in total. The van der Waals surface area contributed by atoms with Crippen LogP contribution in [0.5, 0.6) is 5.75 Å². The molecule has 70 valence electrons. The van der Waals surface area contributed by atoms with Crippen molar-refractivity contribution in [2.45, 2.75) is 0 Å². The molecule has 13 heavy (non-hydrogen) atoms. The fraction of sp³-hybridized carbons (Fsp3) is 0.200. The molecular weight excluding hydrogens is 230 g/mol. The molecule has 0 unspecified atom stereocenters. The van der Waals surface area contributed by atoms with Gasteiger partial charge < -0.3 is 10.5 Å². The van der Waals surface area contributed by atoms with Crippen molar-refractivity contribution in [2.75, 3.05) is 13.2 Å². The van der Waals surface area contributed by atoms with Gasteiger partial charge in [-0.25, -0.2) is 0 Å². The summed E-state index contributed by atoms with van der Waals surface area (Å²) in [5.74, 6) is 0.857. The lowest BCUT2D eigenvalue weighted by molar-refractivity contribution is 0.362. The fourth-order valence-electron chi connectivity index (χ4n) is 0.865. The lowest BCUT2D eigenvalue weighted by Crippen LogP contribution is -1.96. The first-order valence-electron chi connectivity index (χ1n) is 4.06. The third-order valence-corrected chi connectivity index (χ3v) is 1.94. The first-order valence-corrected chi connectivity index (χ1v) is 4.85. The van der Waals surface area contributed by atoms with Crippen molar-refractivity contribution in [3.8, 4) is 5.75 Å². The van der Waals surface area contributed by atoms with Gasteiger partial charge in [-0.15, -0.1) is 0 Å². The van der Waals surface area contributed by atoms with Crippen LogP contribution in [0.2, 0.25) is 0 Å². The third-order valence-electron chi connectivity index (χ3n) is 1.45. The number of ether oxygens (including phenoxy) is 1. The maximum absolute atomic E-state index is 5.42. The van der Waals surface area contributed by atoms with Crippen LogP contribution in [-0.4, -0.2) is 13.2 Å². The first-order chi connectivity index (χ1) is 6.33. The molecule has 2 nitrogen and oxygen atoms in total. The van der Waals surface area contributed by atoms with Crippen molar-refractivity contribution in [2.24, 2.45) is 5.73 Å². The Morgan fingerprint density at radius 1 is 1.38 bits per heavy atom. The zero-order valence-electron chi connectivity index (χ0n) is 7.24. The van der Waals surface area contributed by atoms with E-state index in [1.165, 1.54) is 0 Å². The van der Waals surface area contributed by atoms with Crippen molar-refractivity contribution in [3.05, 3.63) is 40.9 Å². The quantitative estimate of drug-likeness (QED) is 0.822. The van der Waals surface area contributed by atoms with E-state index in [9.17, 15) is 0 Å². The first kappa shape index (κ1) is 10.3. The molecule has 0 aliphatic rings. The molecule has 3 heteroatoms. The molecule has 1 aromatic rings. The Bertz CT molecular complexity index is 286. The number of benzene rings is 1. The molecule has 0 aliphatic heterocycles. The lowest BCUT2D eigenvalue weighted by Gasteiger charge is -2.02. The van der Waals surface area contributed by atoms with Crippen molar-refractivity contribution >= 4 is 15.9 Å². The van der Waals surface area contributed by atoms with Crippen molar-refractivity contribution in [3.63, 3.8) is 0 Å². The summed E-state index contributed by atoms with van der Waals surface area (Å²) in [4.78, 5) is 0. The van der Waals surface area contributed by atoms with Crippen LogP contribution in [0.25, 0.3) is 0 Å². The molecule has 0 saturated carbocycles. The summed E-state index contributed by atoms with van der Waals surface area (Å²) >= 11 is 3.37. The molecule has 1 aromatic carbocycles. The average molecular weight is 242 g/mol. The Balaban J connectivity index is 2.41. The van der Waals surface area contributed by atoms with E-state index < -0.39 is 0 Å². The highest BCUT2D eigenvalue weighted by Crippen LogP contribution is 2.17. The zero-order chi connectivity index (χ0) is 9.52. The zero-order valence-corrected chi connectivity index (χ0v) is 8.83. The minimum atomic E-state index is 0.557. The normalized spacial score (nSPS) is 10.6. The van der Waals surface area contributed by atoms with Gasteiger partial charge in [0.2, 0.25) is 0 Å². The summed E-state index contributed by atoms with van der Waals surface area (Å²) in [7, 11) is 0. The Kier molecular flexibility index (Phi) is 4.57. The molecule has 0 spiro atoms. The third kappa shape index (κ3) is 4.10. The minimum Gasteiger partial charge on any atom is -0.490 e. The fourth-order valence-corrected chi connectivity index (χ4v) is 1.24. The van der Waals surface area contributed by atoms with Crippen LogP contribution in [0.4, 0.5) is 0 Å². The standard InChI is InChI=1S/C10H12BrNO/c11-9-4-3-5-10(8-9)13-7-2-1-6-12/h1-5,8H,6-7,12H2. The van der Waals surface area contributed by atoms with Gasteiger partial charge in [0.25, 0.3) is 0 Å². The molecule has 0 fully saturated rings. The molecule has 0 atom stereocenters. The SMILES string of the molecule is NCC=CCOc1cccc(Br)c1. The van der Waals surface area contributed by atoms with Gasteiger partial charge in [-0.2, -0.15) is 0 Å². The lowest BCUT2D eigenvalue weighted by atomic mass is 10.3.